The van der Waals surface area contributed by atoms with Crippen molar-refractivity contribution in [3.05, 3.63) is 182 Å². The number of benzene rings is 9. The molecule has 57 heavy (non-hydrogen) atoms. The molecule has 0 unspecified atom stereocenters. The van der Waals surface area contributed by atoms with Gasteiger partial charge in [0.25, 0.3) is 0 Å². The van der Waals surface area contributed by atoms with Crippen LogP contribution in [0.4, 0.5) is 0 Å². The normalized spacial score (nSPS) is 12.2. The predicted molar refractivity (Wildman–Crippen MR) is 242 cm³/mol. The zero-order valence-corrected chi connectivity index (χ0v) is 31.3. The Kier molecular flexibility index (Phi) is 6.29. The van der Waals surface area contributed by atoms with Crippen molar-refractivity contribution >= 4 is 108 Å². The first-order valence-electron chi connectivity index (χ1n) is 19.3. The van der Waals surface area contributed by atoms with Gasteiger partial charge in [-0.3, -0.25) is 4.57 Å². The molecule has 13 rings (SSSR count). The number of fused-ring (bicyclic) bond motifs is 12. The third-order valence-corrected chi connectivity index (χ3v) is 13.1. The molecule has 4 aromatic heterocycles. The lowest BCUT2D eigenvalue weighted by atomic mass is 10.1. The molecule has 0 aliphatic carbocycles. The van der Waals surface area contributed by atoms with Crippen molar-refractivity contribution in [1.82, 2.24) is 19.1 Å². The second-order valence-electron chi connectivity index (χ2n) is 15.0. The number of para-hydroxylation sites is 3. The minimum atomic E-state index is 0.819. The molecule has 0 radical (unpaired) electrons. The first kappa shape index (κ1) is 30.9. The van der Waals surface area contributed by atoms with Crippen LogP contribution in [0, 0.1) is 0 Å². The Morgan fingerprint density at radius 1 is 0.368 bits per heavy atom. The molecule has 0 saturated heterocycles. The summed E-state index contributed by atoms with van der Waals surface area (Å²) in [6, 6.07) is 66.0. The highest BCUT2D eigenvalue weighted by Crippen LogP contribution is 2.44. The smallest absolute Gasteiger partial charge is 0.165 e. The third kappa shape index (κ3) is 4.43. The molecule has 0 bridgehead atoms. The van der Waals surface area contributed by atoms with Crippen molar-refractivity contribution in [1.29, 1.82) is 0 Å². The molecular weight excluding hydrogens is 713 g/mol. The van der Waals surface area contributed by atoms with Gasteiger partial charge in [0.2, 0.25) is 0 Å². The van der Waals surface area contributed by atoms with Gasteiger partial charge in [-0.15, -0.1) is 11.3 Å². The number of thiophene rings is 1. The largest absolute Gasteiger partial charge is 0.309 e. The monoisotopic (exact) mass is 742 g/mol. The summed E-state index contributed by atoms with van der Waals surface area (Å²) < 4.78 is 7.29. The number of nitrogens with zero attached hydrogens (tertiary/aromatic N) is 4. The first-order chi connectivity index (χ1) is 28.2. The second kappa shape index (κ2) is 11.6. The van der Waals surface area contributed by atoms with Crippen LogP contribution in [0.3, 0.4) is 0 Å². The van der Waals surface area contributed by atoms with Gasteiger partial charge < -0.3 is 4.57 Å². The van der Waals surface area contributed by atoms with E-state index in [1.807, 2.05) is 17.4 Å². The van der Waals surface area contributed by atoms with Crippen LogP contribution in [0.1, 0.15) is 0 Å². The Morgan fingerprint density at radius 3 is 1.68 bits per heavy atom. The van der Waals surface area contributed by atoms with Gasteiger partial charge >= 0.3 is 0 Å². The van der Waals surface area contributed by atoms with Crippen molar-refractivity contribution < 1.29 is 0 Å². The fourth-order valence-electron chi connectivity index (χ4n) is 9.25. The van der Waals surface area contributed by atoms with Crippen LogP contribution in [0.5, 0.6) is 0 Å². The summed E-state index contributed by atoms with van der Waals surface area (Å²) in [6.07, 6.45) is 0. The van der Waals surface area contributed by atoms with Crippen molar-refractivity contribution in [3.8, 4) is 22.8 Å². The topological polar surface area (TPSA) is 35.6 Å². The standard InChI is InChI=1S/C52H30N4S/c1-3-14-33-28-46-41(26-31(33)12-1)36-16-5-9-22-45(36)55(46)35-24-25-37-42-27-32-13-2-4-15-34(32)29-47(42)56(48(37)30-35)52-50(53-43-20-7-8-21-44(43)54-52)40-19-11-18-39-38-17-6-10-23-49(38)57-51(39)40/h1-30H. The van der Waals surface area contributed by atoms with Crippen LogP contribution in [-0.2, 0) is 0 Å². The summed E-state index contributed by atoms with van der Waals surface area (Å²) in [5, 5.41) is 12.2. The number of aromatic nitrogens is 4. The molecule has 13 aromatic rings. The van der Waals surface area contributed by atoms with Gasteiger partial charge in [-0.05, 0) is 82.2 Å². The molecule has 4 heterocycles. The lowest BCUT2D eigenvalue weighted by molar-refractivity contribution is 1.08. The van der Waals surface area contributed by atoms with E-state index in [0.29, 0.717) is 0 Å². The summed E-state index contributed by atoms with van der Waals surface area (Å²) in [7, 11) is 0. The van der Waals surface area contributed by atoms with Gasteiger partial charge in [0.05, 0.1) is 33.1 Å². The van der Waals surface area contributed by atoms with E-state index < -0.39 is 0 Å². The van der Waals surface area contributed by atoms with Crippen LogP contribution in [0.25, 0.3) is 119 Å². The predicted octanol–water partition coefficient (Wildman–Crippen LogP) is 14.2. The Labute approximate surface area is 330 Å². The van der Waals surface area contributed by atoms with E-state index in [4.69, 9.17) is 9.97 Å². The minimum absolute atomic E-state index is 0.819. The maximum absolute atomic E-state index is 5.56. The summed E-state index contributed by atoms with van der Waals surface area (Å²) in [5.41, 5.74) is 9.33. The summed E-state index contributed by atoms with van der Waals surface area (Å²) >= 11 is 1.83. The molecule has 0 aliphatic rings. The quantitative estimate of drug-likeness (QED) is 0.181. The van der Waals surface area contributed by atoms with Crippen LogP contribution < -0.4 is 0 Å². The average molecular weight is 743 g/mol. The van der Waals surface area contributed by atoms with Crippen molar-refractivity contribution in [2.45, 2.75) is 0 Å². The Bertz CT molecular complexity index is 3830. The zero-order chi connectivity index (χ0) is 37.2. The van der Waals surface area contributed by atoms with Gasteiger partial charge in [-0.25, -0.2) is 9.97 Å². The Morgan fingerprint density at radius 2 is 0.930 bits per heavy atom. The molecule has 0 N–H and O–H groups in total. The molecule has 5 heteroatoms. The SMILES string of the molecule is c1ccc2cc3c(cc2c1)c1ccccc1n3-c1ccc2c3cc4ccccc4cc3n(-c3nc4ccccc4nc3-c3cccc4c3sc3ccccc34)c2c1. The number of hydrogen-bond donors (Lipinski definition) is 0. The molecule has 0 saturated carbocycles. The molecule has 9 aromatic carbocycles. The van der Waals surface area contributed by atoms with Gasteiger partial charge in [0.15, 0.2) is 5.82 Å². The third-order valence-electron chi connectivity index (χ3n) is 11.8. The molecule has 0 aliphatic heterocycles. The Balaban J connectivity index is 1.18. The van der Waals surface area contributed by atoms with Crippen LogP contribution in [0.2, 0.25) is 0 Å². The summed E-state index contributed by atoms with van der Waals surface area (Å²) in [4.78, 5) is 11.1. The molecule has 0 fully saturated rings. The molecule has 0 atom stereocenters. The van der Waals surface area contributed by atoms with E-state index in [0.717, 1.165) is 44.8 Å². The van der Waals surface area contributed by atoms with Crippen LogP contribution in [-0.4, -0.2) is 19.1 Å². The number of rotatable bonds is 3. The van der Waals surface area contributed by atoms with E-state index in [1.54, 1.807) is 0 Å². The highest BCUT2D eigenvalue weighted by Gasteiger charge is 2.23. The minimum Gasteiger partial charge on any atom is -0.309 e. The van der Waals surface area contributed by atoms with Gasteiger partial charge in [-0.1, -0.05) is 121 Å². The fourth-order valence-corrected chi connectivity index (χ4v) is 10.5. The van der Waals surface area contributed by atoms with Crippen molar-refractivity contribution in [2.24, 2.45) is 0 Å². The molecule has 0 amide bonds. The van der Waals surface area contributed by atoms with E-state index in [2.05, 4.69) is 185 Å². The van der Waals surface area contributed by atoms with Crippen LogP contribution >= 0.6 is 11.3 Å². The highest BCUT2D eigenvalue weighted by atomic mass is 32.1. The van der Waals surface area contributed by atoms with E-state index in [1.165, 1.54) is 74.3 Å². The van der Waals surface area contributed by atoms with E-state index in [-0.39, 0.29) is 0 Å². The second-order valence-corrected chi connectivity index (χ2v) is 16.0. The lowest BCUT2D eigenvalue weighted by Gasteiger charge is -2.15. The van der Waals surface area contributed by atoms with Gasteiger partial charge in [0, 0.05) is 53.0 Å². The fraction of sp³-hybridized carbons (Fsp3) is 0. The summed E-state index contributed by atoms with van der Waals surface area (Å²) in [6.45, 7) is 0. The zero-order valence-electron chi connectivity index (χ0n) is 30.5. The van der Waals surface area contributed by atoms with E-state index >= 15 is 0 Å². The summed E-state index contributed by atoms with van der Waals surface area (Å²) in [5.74, 6) is 0.819. The van der Waals surface area contributed by atoms with Crippen molar-refractivity contribution in [2.75, 3.05) is 0 Å². The van der Waals surface area contributed by atoms with Gasteiger partial charge in [0.1, 0.15) is 5.69 Å². The maximum Gasteiger partial charge on any atom is 0.165 e. The van der Waals surface area contributed by atoms with Gasteiger partial charge in [-0.2, -0.15) is 0 Å². The molecule has 264 valence electrons. The van der Waals surface area contributed by atoms with E-state index in [9.17, 15) is 0 Å². The van der Waals surface area contributed by atoms with Crippen molar-refractivity contribution in [3.63, 3.8) is 0 Å². The van der Waals surface area contributed by atoms with Crippen LogP contribution in [0.15, 0.2) is 182 Å². The number of hydrogen-bond acceptors (Lipinski definition) is 3. The Hall–Kier alpha value is -7.34. The lowest BCUT2D eigenvalue weighted by Crippen LogP contribution is -2.04. The maximum atomic E-state index is 5.56. The average Bonchev–Trinajstić information content (AvgIpc) is 3.91. The molecule has 0 spiro atoms. The highest BCUT2D eigenvalue weighted by molar-refractivity contribution is 7.26. The first-order valence-corrected chi connectivity index (χ1v) is 20.1. The molecule has 4 nitrogen and oxygen atoms in total. The molecular formula is C52H30N4S.